The Kier molecular flexibility index (Phi) is 5.92. The van der Waals surface area contributed by atoms with Gasteiger partial charge < -0.3 is 15.1 Å². The molecule has 0 saturated carbocycles. The molecular weight excluding hydrogens is 359 g/mol. The second-order valence-corrected chi connectivity index (χ2v) is 7.10. The molecule has 2 aliphatic heterocycles. The number of amides is 2. The summed E-state index contributed by atoms with van der Waals surface area (Å²) in [6, 6.07) is 3.44. The van der Waals surface area contributed by atoms with Crippen molar-refractivity contribution >= 4 is 23.2 Å². The van der Waals surface area contributed by atoms with Crippen molar-refractivity contribution in [3.05, 3.63) is 23.8 Å². The molecule has 1 aromatic carbocycles. The minimum absolute atomic E-state index is 0.0774. The molecule has 3 rings (SSSR count). The Morgan fingerprint density at radius 2 is 1.74 bits per heavy atom. The quantitative estimate of drug-likeness (QED) is 0.864. The van der Waals surface area contributed by atoms with Gasteiger partial charge in [-0.1, -0.05) is 6.42 Å². The van der Waals surface area contributed by atoms with E-state index >= 15 is 0 Å². The second kappa shape index (κ2) is 8.19. The fraction of sp³-hybridized carbons (Fsp3) is 0.579. The first-order valence-corrected chi connectivity index (χ1v) is 9.38. The van der Waals surface area contributed by atoms with E-state index < -0.39 is 17.6 Å². The van der Waals surface area contributed by atoms with E-state index in [9.17, 15) is 22.8 Å². The molecule has 0 unspecified atom stereocenters. The van der Waals surface area contributed by atoms with E-state index in [0.717, 1.165) is 57.3 Å². The zero-order valence-corrected chi connectivity index (χ0v) is 15.1. The zero-order chi connectivity index (χ0) is 19.4. The van der Waals surface area contributed by atoms with Gasteiger partial charge in [0.1, 0.15) is 0 Å². The van der Waals surface area contributed by atoms with Crippen molar-refractivity contribution in [2.45, 2.75) is 44.7 Å². The van der Waals surface area contributed by atoms with Crippen molar-refractivity contribution in [3.8, 4) is 0 Å². The normalized spacial score (nSPS) is 18.6. The third kappa shape index (κ3) is 4.93. The van der Waals surface area contributed by atoms with Crippen molar-refractivity contribution in [2.75, 3.05) is 36.4 Å². The molecule has 27 heavy (non-hydrogen) atoms. The molecule has 1 N–H and O–H groups in total. The van der Waals surface area contributed by atoms with Gasteiger partial charge in [0.2, 0.25) is 11.8 Å². The highest BCUT2D eigenvalue weighted by molar-refractivity contribution is 5.97. The fourth-order valence-electron chi connectivity index (χ4n) is 3.62. The van der Waals surface area contributed by atoms with Gasteiger partial charge in [0.25, 0.3) is 0 Å². The van der Waals surface area contributed by atoms with Crippen molar-refractivity contribution in [2.24, 2.45) is 0 Å². The molecule has 0 aromatic heterocycles. The number of likely N-dealkylation sites (tertiary alicyclic amines) is 1. The van der Waals surface area contributed by atoms with Crippen LogP contribution in [-0.2, 0) is 15.8 Å². The molecular formula is C19H24F3N3O2. The minimum Gasteiger partial charge on any atom is -0.370 e. The molecule has 0 aliphatic carbocycles. The average molecular weight is 383 g/mol. The van der Waals surface area contributed by atoms with Gasteiger partial charge in [-0.05, 0) is 43.9 Å². The Morgan fingerprint density at radius 3 is 2.44 bits per heavy atom. The van der Waals surface area contributed by atoms with Crippen LogP contribution in [0.5, 0.6) is 0 Å². The summed E-state index contributed by atoms with van der Waals surface area (Å²) in [4.78, 5) is 28.0. The smallest absolute Gasteiger partial charge is 0.370 e. The lowest BCUT2D eigenvalue weighted by Crippen LogP contribution is -2.37. The first-order chi connectivity index (χ1) is 12.8. The van der Waals surface area contributed by atoms with Crippen LogP contribution in [-0.4, -0.2) is 42.9 Å². The van der Waals surface area contributed by atoms with Crippen LogP contribution in [0.15, 0.2) is 18.2 Å². The van der Waals surface area contributed by atoms with E-state index in [2.05, 4.69) is 5.32 Å². The predicted molar refractivity (Wildman–Crippen MR) is 96.6 cm³/mol. The molecule has 2 saturated heterocycles. The summed E-state index contributed by atoms with van der Waals surface area (Å²) in [5, 5.41) is 2.61. The highest BCUT2D eigenvalue weighted by atomic mass is 19.4. The van der Waals surface area contributed by atoms with Gasteiger partial charge in [0.15, 0.2) is 0 Å². The van der Waals surface area contributed by atoms with Crippen LogP contribution in [0, 0.1) is 0 Å². The molecule has 1 aromatic rings. The number of halogens is 3. The van der Waals surface area contributed by atoms with Crippen molar-refractivity contribution < 1.29 is 22.8 Å². The molecule has 2 amide bonds. The second-order valence-electron chi connectivity index (χ2n) is 7.10. The third-order valence-electron chi connectivity index (χ3n) is 5.05. The molecule has 8 heteroatoms. The van der Waals surface area contributed by atoms with Crippen LogP contribution in [0.2, 0.25) is 0 Å². The Bertz CT molecular complexity index is 700. The lowest BCUT2D eigenvalue weighted by atomic mass is 10.1. The maximum atomic E-state index is 13.1. The minimum atomic E-state index is -4.48. The van der Waals surface area contributed by atoms with E-state index in [0.29, 0.717) is 18.7 Å². The van der Waals surface area contributed by atoms with Gasteiger partial charge in [-0.25, -0.2) is 0 Å². The summed E-state index contributed by atoms with van der Waals surface area (Å²) in [5.74, 6) is -0.545. The topological polar surface area (TPSA) is 52.7 Å². The molecule has 0 spiro atoms. The molecule has 0 bridgehead atoms. The Balaban J connectivity index is 1.78. The van der Waals surface area contributed by atoms with E-state index in [4.69, 9.17) is 0 Å². The number of hydrogen-bond acceptors (Lipinski definition) is 3. The van der Waals surface area contributed by atoms with Crippen LogP contribution in [0.1, 0.15) is 44.1 Å². The summed E-state index contributed by atoms with van der Waals surface area (Å²) in [5.41, 5.74) is -0.0540. The summed E-state index contributed by atoms with van der Waals surface area (Å²) in [6.07, 6.45) is 0.453. The summed E-state index contributed by atoms with van der Waals surface area (Å²) in [6.45, 7) is 1.88. The Hall–Kier alpha value is -2.25. The number of rotatable bonds is 4. The zero-order valence-electron chi connectivity index (χ0n) is 15.1. The maximum absolute atomic E-state index is 13.1. The van der Waals surface area contributed by atoms with Crippen molar-refractivity contribution in [1.82, 2.24) is 4.90 Å². The van der Waals surface area contributed by atoms with Gasteiger partial charge >= 0.3 is 6.18 Å². The SMILES string of the molecule is O=C(CN1CCCCCC1=O)Nc1cc(C(F)(F)F)ccc1N1CCCC1. The van der Waals surface area contributed by atoms with Crippen molar-refractivity contribution in [3.63, 3.8) is 0 Å². The van der Waals surface area contributed by atoms with Crippen LogP contribution in [0.25, 0.3) is 0 Å². The van der Waals surface area contributed by atoms with E-state index in [1.165, 1.54) is 11.0 Å². The van der Waals surface area contributed by atoms with E-state index in [1.807, 2.05) is 4.90 Å². The van der Waals surface area contributed by atoms with Gasteiger partial charge in [-0.3, -0.25) is 9.59 Å². The molecule has 5 nitrogen and oxygen atoms in total. The number of alkyl halides is 3. The first kappa shape index (κ1) is 19.5. The van der Waals surface area contributed by atoms with E-state index in [-0.39, 0.29) is 18.1 Å². The average Bonchev–Trinajstić information content (AvgIpc) is 3.06. The monoisotopic (exact) mass is 383 g/mol. The molecule has 2 aliphatic rings. The highest BCUT2D eigenvalue weighted by Crippen LogP contribution is 2.36. The van der Waals surface area contributed by atoms with Crippen LogP contribution >= 0.6 is 0 Å². The van der Waals surface area contributed by atoms with Gasteiger partial charge in [0.05, 0.1) is 23.5 Å². The van der Waals surface area contributed by atoms with Crippen molar-refractivity contribution in [1.29, 1.82) is 0 Å². The summed E-state index contributed by atoms with van der Waals surface area (Å²) in [7, 11) is 0. The molecule has 0 radical (unpaired) electrons. The van der Waals surface area contributed by atoms with E-state index in [1.54, 1.807) is 0 Å². The fourth-order valence-corrected chi connectivity index (χ4v) is 3.62. The lowest BCUT2D eigenvalue weighted by molar-refractivity contribution is -0.137. The number of nitrogens with zero attached hydrogens (tertiary/aromatic N) is 2. The lowest BCUT2D eigenvalue weighted by Gasteiger charge is -2.24. The number of nitrogens with one attached hydrogen (secondary N) is 1. The highest BCUT2D eigenvalue weighted by Gasteiger charge is 2.32. The standard InChI is InChI=1S/C19H24F3N3O2/c20-19(21,22)14-7-8-16(24-9-4-5-10-24)15(12-14)23-17(26)13-25-11-3-1-2-6-18(25)27/h7-8,12H,1-6,9-11,13H2,(H,23,26). The Morgan fingerprint density at radius 1 is 1.04 bits per heavy atom. The molecule has 2 heterocycles. The van der Waals surface area contributed by atoms with Gasteiger partial charge in [-0.2, -0.15) is 13.2 Å². The summed E-state index contributed by atoms with van der Waals surface area (Å²) >= 11 is 0. The molecule has 0 atom stereocenters. The number of anilines is 2. The Labute approximate surface area is 156 Å². The first-order valence-electron chi connectivity index (χ1n) is 9.38. The number of hydrogen-bond donors (Lipinski definition) is 1. The number of carbonyl (C=O) groups is 2. The summed E-state index contributed by atoms with van der Waals surface area (Å²) < 4.78 is 39.3. The van der Waals surface area contributed by atoms with Gasteiger partial charge in [-0.15, -0.1) is 0 Å². The van der Waals surface area contributed by atoms with Gasteiger partial charge in [0, 0.05) is 26.1 Å². The molecule has 2 fully saturated rings. The largest absolute Gasteiger partial charge is 0.416 e. The maximum Gasteiger partial charge on any atom is 0.416 e. The number of benzene rings is 1. The third-order valence-corrected chi connectivity index (χ3v) is 5.05. The molecule has 148 valence electrons. The number of carbonyl (C=O) groups excluding carboxylic acids is 2. The predicted octanol–water partition coefficient (Wildman–Crippen LogP) is 3.65. The van der Waals surface area contributed by atoms with Crippen LogP contribution in [0.3, 0.4) is 0 Å². The van der Waals surface area contributed by atoms with Crippen LogP contribution in [0.4, 0.5) is 24.5 Å². The van der Waals surface area contributed by atoms with Crippen LogP contribution < -0.4 is 10.2 Å².